The molecule has 0 fully saturated rings. The van der Waals surface area contributed by atoms with Crippen molar-refractivity contribution in [2.24, 2.45) is 0 Å². The van der Waals surface area contributed by atoms with E-state index >= 15 is 0 Å². The minimum atomic E-state index is 0.572. The van der Waals surface area contributed by atoms with Crippen LogP contribution in [0.1, 0.15) is 0 Å². The number of hydrogen-bond acceptors (Lipinski definition) is 6. The van der Waals surface area contributed by atoms with Crippen molar-refractivity contribution in [1.29, 1.82) is 0 Å². The molecule has 0 spiro atoms. The van der Waals surface area contributed by atoms with Crippen LogP contribution in [0.4, 0.5) is 17.1 Å². The predicted octanol–water partition coefficient (Wildman–Crippen LogP) is 13.3. The molecule has 3 aromatic heterocycles. The van der Waals surface area contributed by atoms with Gasteiger partial charge in [0.15, 0.2) is 23.1 Å². The molecule has 3 heterocycles. The highest BCUT2D eigenvalue weighted by Gasteiger charge is 2.25. The Kier molecular flexibility index (Phi) is 7.07. The lowest BCUT2D eigenvalue weighted by Crippen LogP contribution is -2.10. The first-order valence-corrected chi connectivity index (χ1v) is 18.3. The van der Waals surface area contributed by atoms with Gasteiger partial charge in [0.25, 0.3) is 0 Å². The molecule has 0 saturated heterocycles. The Balaban J connectivity index is 1.21. The molecule has 11 rings (SSSR count). The first-order valence-electron chi connectivity index (χ1n) is 18.3. The second kappa shape index (κ2) is 12.5. The number of nitrogens with zero attached hydrogens (tertiary/aromatic N) is 4. The molecule has 258 valence electrons. The third kappa shape index (κ3) is 5.07. The maximum Gasteiger partial charge on any atom is 0.164 e. The zero-order chi connectivity index (χ0) is 36.3. The molecule has 6 nitrogen and oxygen atoms in total. The Morgan fingerprint density at radius 3 is 1.62 bits per heavy atom. The molecule has 0 saturated carbocycles. The van der Waals surface area contributed by atoms with E-state index < -0.39 is 0 Å². The number of fused-ring (bicyclic) bond motifs is 8. The van der Waals surface area contributed by atoms with Crippen LogP contribution in [-0.2, 0) is 0 Å². The smallest absolute Gasteiger partial charge is 0.164 e. The highest BCUT2D eigenvalue weighted by Crippen LogP contribution is 2.48. The lowest BCUT2D eigenvalue weighted by molar-refractivity contribution is 0.669. The Labute approximate surface area is 315 Å². The van der Waals surface area contributed by atoms with Crippen molar-refractivity contribution < 1.29 is 8.83 Å². The highest BCUT2D eigenvalue weighted by molar-refractivity contribution is 6.23. The summed E-state index contributed by atoms with van der Waals surface area (Å²) in [6, 6.07) is 62.0. The van der Waals surface area contributed by atoms with Crippen LogP contribution in [0.2, 0.25) is 0 Å². The highest BCUT2D eigenvalue weighted by atomic mass is 16.3. The molecule has 0 aliphatic rings. The third-order valence-corrected chi connectivity index (χ3v) is 10.3. The minimum Gasteiger partial charge on any atom is -0.455 e. The Bertz CT molecular complexity index is 3150. The van der Waals surface area contributed by atoms with Gasteiger partial charge in [-0.2, -0.15) is 0 Å². The third-order valence-electron chi connectivity index (χ3n) is 10.3. The first-order chi connectivity index (χ1) is 27.3. The van der Waals surface area contributed by atoms with Gasteiger partial charge in [0.2, 0.25) is 0 Å². The Morgan fingerprint density at radius 1 is 0.364 bits per heavy atom. The van der Waals surface area contributed by atoms with Crippen molar-refractivity contribution in [2.45, 2.75) is 0 Å². The Morgan fingerprint density at radius 2 is 0.891 bits per heavy atom. The van der Waals surface area contributed by atoms with E-state index in [4.69, 9.17) is 23.8 Å². The van der Waals surface area contributed by atoms with E-state index in [-0.39, 0.29) is 0 Å². The van der Waals surface area contributed by atoms with Crippen molar-refractivity contribution in [2.75, 3.05) is 4.90 Å². The molecule has 0 radical (unpaired) electrons. The predicted molar refractivity (Wildman–Crippen MR) is 223 cm³/mol. The van der Waals surface area contributed by atoms with Gasteiger partial charge in [-0.05, 0) is 36.4 Å². The molecule has 8 aromatic carbocycles. The van der Waals surface area contributed by atoms with Crippen LogP contribution >= 0.6 is 0 Å². The van der Waals surface area contributed by atoms with Gasteiger partial charge in [-0.3, -0.25) is 0 Å². The summed E-state index contributed by atoms with van der Waals surface area (Å²) in [5.41, 5.74) is 8.86. The van der Waals surface area contributed by atoms with Gasteiger partial charge in [0, 0.05) is 54.7 Å². The van der Waals surface area contributed by atoms with E-state index in [1.807, 2.05) is 91.0 Å². The molecule has 6 heteroatoms. The quantitative estimate of drug-likeness (QED) is 0.171. The number of furan rings is 2. The number of benzene rings is 8. The number of aromatic nitrogens is 3. The second-order valence-corrected chi connectivity index (χ2v) is 13.6. The van der Waals surface area contributed by atoms with Gasteiger partial charge in [0.05, 0.1) is 11.4 Å². The molecular weight excluding hydrogens is 677 g/mol. The summed E-state index contributed by atoms with van der Waals surface area (Å²) in [6.45, 7) is 0. The normalized spacial score (nSPS) is 11.6. The maximum atomic E-state index is 6.81. The van der Waals surface area contributed by atoms with Crippen molar-refractivity contribution in [3.05, 3.63) is 182 Å². The fourth-order valence-electron chi connectivity index (χ4n) is 7.82. The number of hydrogen-bond donors (Lipinski definition) is 0. The van der Waals surface area contributed by atoms with Crippen LogP contribution in [0.5, 0.6) is 0 Å². The largest absolute Gasteiger partial charge is 0.455 e. The maximum absolute atomic E-state index is 6.81. The van der Waals surface area contributed by atoms with Gasteiger partial charge >= 0.3 is 0 Å². The summed E-state index contributed by atoms with van der Waals surface area (Å²) in [5, 5.41) is 6.09. The zero-order valence-electron chi connectivity index (χ0n) is 29.4. The van der Waals surface area contributed by atoms with Gasteiger partial charge in [-0.15, -0.1) is 0 Å². The number of anilines is 3. The number of para-hydroxylation sites is 3. The van der Waals surface area contributed by atoms with Gasteiger partial charge < -0.3 is 13.7 Å². The fourth-order valence-corrected chi connectivity index (χ4v) is 7.82. The van der Waals surface area contributed by atoms with Crippen LogP contribution in [0.15, 0.2) is 191 Å². The second-order valence-electron chi connectivity index (χ2n) is 13.6. The van der Waals surface area contributed by atoms with Crippen LogP contribution in [0.25, 0.3) is 88.8 Å². The van der Waals surface area contributed by atoms with Gasteiger partial charge in [-0.25, -0.2) is 15.0 Å². The standard InChI is InChI=1S/C49H30N4O2/c1-4-16-31(17-5-1)47-50-48(32-18-6-2-7-19-32)52-49(51-47)38-26-15-29-43-44(38)39-30-41(34-22-10-11-24-36(34)45(39)55-43)53(33-20-8-3-9-21-33)40-27-14-25-37-35-23-12-13-28-42(35)54-46(37)40/h1-30H. The summed E-state index contributed by atoms with van der Waals surface area (Å²) in [7, 11) is 0. The van der Waals surface area contributed by atoms with E-state index in [1.54, 1.807) is 0 Å². The van der Waals surface area contributed by atoms with Crippen molar-refractivity contribution in [3.63, 3.8) is 0 Å². The molecule has 0 bridgehead atoms. The molecule has 0 atom stereocenters. The number of rotatable bonds is 6. The molecule has 0 amide bonds. The van der Waals surface area contributed by atoms with Crippen LogP contribution < -0.4 is 4.90 Å². The molecule has 0 N–H and O–H groups in total. The molecular formula is C49H30N4O2. The van der Waals surface area contributed by atoms with E-state index in [1.165, 1.54) is 0 Å². The molecule has 55 heavy (non-hydrogen) atoms. The molecule has 0 aliphatic carbocycles. The van der Waals surface area contributed by atoms with E-state index in [0.717, 1.165) is 88.4 Å². The monoisotopic (exact) mass is 706 g/mol. The van der Waals surface area contributed by atoms with Crippen LogP contribution in [0.3, 0.4) is 0 Å². The van der Waals surface area contributed by atoms with E-state index in [0.29, 0.717) is 17.5 Å². The minimum absolute atomic E-state index is 0.572. The average molecular weight is 707 g/mol. The first kappa shape index (κ1) is 31.0. The summed E-state index contributed by atoms with van der Waals surface area (Å²) in [4.78, 5) is 17.5. The summed E-state index contributed by atoms with van der Waals surface area (Å²) < 4.78 is 13.5. The van der Waals surface area contributed by atoms with Crippen molar-refractivity contribution in [3.8, 4) is 34.2 Å². The van der Waals surface area contributed by atoms with Crippen LogP contribution in [0, 0.1) is 0 Å². The summed E-state index contributed by atoms with van der Waals surface area (Å²) >= 11 is 0. The van der Waals surface area contributed by atoms with Gasteiger partial charge in [-0.1, -0.05) is 146 Å². The average Bonchev–Trinajstić information content (AvgIpc) is 3.84. The topological polar surface area (TPSA) is 68.2 Å². The summed E-state index contributed by atoms with van der Waals surface area (Å²) in [6.07, 6.45) is 0. The summed E-state index contributed by atoms with van der Waals surface area (Å²) in [5.74, 6) is 1.78. The fraction of sp³-hybridized carbons (Fsp3) is 0. The van der Waals surface area contributed by atoms with E-state index in [2.05, 4.69) is 95.9 Å². The SMILES string of the molecule is c1ccc(-c2nc(-c3ccccc3)nc(-c3cccc4oc5c6ccccc6c(N(c6ccccc6)c6cccc7c6oc6ccccc67)cc5c34)n2)cc1. The van der Waals surface area contributed by atoms with Crippen molar-refractivity contribution in [1.82, 2.24) is 15.0 Å². The van der Waals surface area contributed by atoms with Crippen molar-refractivity contribution >= 4 is 71.7 Å². The van der Waals surface area contributed by atoms with E-state index in [9.17, 15) is 0 Å². The molecule has 11 aromatic rings. The zero-order valence-corrected chi connectivity index (χ0v) is 29.4. The van der Waals surface area contributed by atoms with Crippen LogP contribution in [-0.4, -0.2) is 15.0 Å². The molecule has 0 unspecified atom stereocenters. The lowest BCUT2D eigenvalue weighted by Gasteiger charge is -2.27. The molecule has 0 aliphatic heterocycles. The van der Waals surface area contributed by atoms with Gasteiger partial charge in [0.1, 0.15) is 16.7 Å². The Hall–Kier alpha value is -7.57. The lowest BCUT2D eigenvalue weighted by atomic mass is 9.99.